The molecule has 1 N–H and O–H groups in total. The van der Waals surface area contributed by atoms with Crippen LogP contribution >= 0.6 is 11.6 Å². The molecule has 0 fully saturated rings. The van der Waals surface area contributed by atoms with Crippen molar-refractivity contribution in [1.29, 1.82) is 0 Å². The Kier molecular flexibility index (Phi) is 3.03. The van der Waals surface area contributed by atoms with Gasteiger partial charge in [-0.2, -0.15) is 0 Å². The van der Waals surface area contributed by atoms with E-state index in [0.717, 1.165) is 16.9 Å². The van der Waals surface area contributed by atoms with Crippen molar-refractivity contribution in [3.05, 3.63) is 58.0 Å². The normalized spacial score (nSPS) is 12.8. The van der Waals surface area contributed by atoms with E-state index in [1.54, 1.807) is 12.1 Å². The largest absolute Gasteiger partial charge is 0.463 e. The highest BCUT2D eigenvalue weighted by atomic mass is 35.5. The Morgan fingerprint density at radius 3 is 2.50 bits per heavy atom. The van der Waals surface area contributed by atoms with Crippen molar-refractivity contribution >= 4 is 11.6 Å². The molecule has 0 bridgehead atoms. The van der Waals surface area contributed by atoms with Gasteiger partial charge in [-0.1, -0.05) is 17.7 Å². The predicted octanol–water partition coefficient (Wildman–Crippen LogP) is 3.63. The number of aliphatic hydroxyl groups is 1. The van der Waals surface area contributed by atoms with Gasteiger partial charge in [-0.3, -0.25) is 0 Å². The van der Waals surface area contributed by atoms with Gasteiger partial charge in [0.15, 0.2) is 0 Å². The number of furan rings is 1. The Hall–Kier alpha value is -1.25. The lowest BCUT2D eigenvalue weighted by Crippen LogP contribution is -2.00. The summed E-state index contributed by atoms with van der Waals surface area (Å²) in [6.07, 6.45) is -0.731. The first kappa shape index (κ1) is 11.2. The summed E-state index contributed by atoms with van der Waals surface area (Å²) >= 11 is 5.87. The molecule has 0 spiro atoms. The van der Waals surface area contributed by atoms with Gasteiger partial charge in [0.1, 0.15) is 17.6 Å². The van der Waals surface area contributed by atoms with Crippen molar-refractivity contribution < 1.29 is 9.52 Å². The van der Waals surface area contributed by atoms with Crippen LogP contribution in [0.25, 0.3) is 0 Å². The van der Waals surface area contributed by atoms with Gasteiger partial charge in [-0.05, 0) is 49.2 Å². The first-order valence-electron chi connectivity index (χ1n) is 5.08. The molecule has 1 unspecified atom stereocenters. The van der Waals surface area contributed by atoms with Gasteiger partial charge in [0.2, 0.25) is 0 Å². The van der Waals surface area contributed by atoms with Gasteiger partial charge in [-0.15, -0.1) is 0 Å². The van der Waals surface area contributed by atoms with Crippen LogP contribution in [-0.4, -0.2) is 5.11 Å². The molecule has 1 aromatic heterocycles. The Balaban J connectivity index is 2.37. The van der Waals surface area contributed by atoms with Crippen LogP contribution in [0.5, 0.6) is 0 Å². The Morgan fingerprint density at radius 1 is 1.19 bits per heavy atom. The summed E-state index contributed by atoms with van der Waals surface area (Å²) in [5.74, 6) is 1.35. The fourth-order valence-electron chi connectivity index (χ4n) is 1.70. The summed E-state index contributed by atoms with van der Waals surface area (Å²) in [6.45, 7) is 3.77. The van der Waals surface area contributed by atoms with Gasteiger partial charge in [-0.25, -0.2) is 0 Å². The van der Waals surface area contributed by atoms with Gasteiger partial charge in [0.05, 0.1) is 0 Å². The number of hydrogen-bond acceptors (Lipinski definition) is 2. The molecule has 0 aliphatic heterocycles. The third kappa shape index (κ3) is 2.13. The van der Waals surface area contributed by atoms with Crippen LogP contribution in [0.3, 0.4) is 0 Å². The quantitative estimate of drug-likeness (QED) is 0.864. The summed E-state index contributed by atoms with van der Waals surface area (Å²) in [5, 5.41) is 10.8. The maximum absolute atomic E-state index is 10.1. The smallest absolute Gasteiger partial charge is 0.137 e. The molecule has 0 aliphatic rings. The third-order valence-corrected chi connectivity index (χ3v) is 2.79. The molecule has 0 amide bonds. The molecular weight excluding hydrogens is 224 g/mol. The van der Waals surface area contributed by atoms with Crippen molar-refractivity contribution in [2.24, 2.45) is 0 Å². The van der Waals surface area contributed by atoms with E-state index in [9.17, 15) is 5.11 Å². The van der Waals surface area contributed by atoms with Crippen molar-refractivity contribution in [3.63, 3.8) is 0 Å². The molecule has 16 heavy (non-hydrogen) atoms. The second-order valence-corrected chi connectivity index (χ2v) is 4.29. The second-order valence-electron chi connectivity index (χ2n) is 3.85. The fourth-order valence-corrected chi connectivity index (χ4v) is 1.93. The van der Waals surface area contributed by atoms with Crippen LogP contribution in [0.15, 0.2) is 34.7 Å². The molecule has 0 radical (unpaired) electrons. The lowest BCUT2D eigenvalue weighted by Gasteiger charge is -2.11. The maximum atomic E-state index is 10.1. The minimum atomic E-state index is -0.731. The number of rotatable bonds is 2. The van der Waals surface area contributed by atoms with E-state index in [1.165, 1.54) is 0 Å². The summed E-state index contributed by atoms with van der Waals surface area (Å²) in [7, 11) is 0. The monoisotopic (exact) mass is 236 g/mol. The molecule has 2 rings (SSSR count). The van der Waals surface area contributed by atoms with E-state index >= 15 is 0 Å². The summed E-state index contributed by atoms with van der Waals surface area (Å²) < 4.78 is 5.40. The first-order valence-corrected chi connectivity index (χ1v) is 5.46. The topological polar surface area (TPSA) is 33.4 Å². The van der Waals surface area contributed by atoms with Crippen LogP contribution in [0, 0.1) is 13.8 Å². The zero-order valence-electron chi connectivity index (χ0n) is 9.20. The number of hydrogen-bond donors (Lipinski definition) is 1. The molecule has 1 atom stereocenters. The fraction of sp³-hybridized carbons (Fsp3) is 0.231. The van der Waals surface area contributed by atoms with Crippen molar-refractivity contribution in [2.45, 2.75) is 20.0 Å². The highest BCUT2D eigenvalue weighted by Crippen LogP contribution is 2.27. The molecule has 84 valence electrons. The molecule has 2 aromatic rings. The van der Waals surface area contributed by atoms with Gasteiger partial charge < -0.3 is 9.52 Å². The van der Waals surface area contributed by atoms with E-state index in [-0.39, 0.29) is 0 Å². The Morgan fingerprint density at radius 2 is 1.94 bits per heavy atom. The SMILES string of the molecule is Cc1ccc(C(O)c2ccc(Cl)cc2C)o1. The molecular formula is C13H13ClO2. The van der Waals surface area contributed by atoms with Crippen molar-refractivity contribution in [3.8, 4) is 0 Å². The molecule has 3 heteroatoms. The van der Waals surface area contributed by atoms with Crippen LogP contribution in [-0.2, 0) is 0 Å². The number of benzene rings is 1. The van der Waals surface area contributed by atoms with Crippen molar-refractivity contribution in [2.75, 3.05) is 0 Å². The average Bonchev–Trinajstić information content (AvgIpc) is 2.64. The van der Waals surface area contributed by atoms with Gasteiger partial charge in [0, 0.05) is 5.02 Å². The van der Waals surface area contributed by atoms with Crippen LogP contribution in [0.2, 0.25) is 5.02 Å². The molecule has 0 saturated carbocycles. The van der Waals surface area contributed by atoms with Gasteiger partial charge >= 0.3 is 0 Å². The zero-order valence-corrected chi connectivity index (χ0v) is 9.95. The zero-order chi connectivity index (χ0) is 11.7. The van der Waals surface area contributed by atoms with E-state index in [4.69, 9.17) is 16.0 Å². The van der Waals surface area contributed by atoms with Gasteiger partial charge in [0.25, 0.3) is 0 Å². The minimum Gasteiger partial charge on any atom is -0.463 e. The maximum Gasteiger partial charge on any atom is 0.137 e. The molecule has 0 aliphatic carbocycles. The first-order chi connectivity index (χ1) is 7.58. The second kappa shape index (κ2) is 4.32. The van der Waals surface area contributed by atoms with E-state index in [2.05, 4.69) is 0 Å². The minimum absolute atomic E-state index is 0.558. The highest BCUT2D eigenvalue weighted by Gasteiger charge is 2.16. The summed E-state index contributed by atoms with van der Waals surface area (Å²) in [4.78, 5) is 0. The van der Waals surface area contributed by atoms with E-state index in [0.29, 0.717) is 10.8 Å². The molecule has 1 aromatic carbocycles. The van der Waals surface area contributed by atoms with Crippen LogP contribution in [0.1, 0.15) is 28.8 Å². The standard InChI is InChI=1S/C13H13ClO2/c1-8-7-10(14)4-5-11(8)13(15)12-6-3-9(2)16-12/h3-7,13,15H,1-2H3. The van der Waals surface area contributed by atoms with E-state index < -0.39 is 6.10 Å². The summed E-state index contributed by atoms with van der Waals surface area (Å²) in [6, 6.07) is 9.04. The average molecular weight is 237 g/mol. The number of halogens is 1. The Bertz CT molecular complexity index is 502. The van der Waals surface area contributed by atoms with Crippen molar-refractivity contribution in [1.82, 2.24) is 0 Å². The van der Waals surface area contributed by atoms with Crippen LogP contribution in [0.4, 0.5) is 0 Å². The molecule has 0 saturated heterocycles. The lowest BCUT2D eigenvalue weighted by molar-refractivity contribution is 0.187. The van der Waals surface area contributed by atoms with Crippen LogP contribution < -0.4 is 0 Å². The Labute approximate surface area is 99.5 Å². The molecule has 2 nitrogen and oxygen atoms in total. The number of aryl methyl sites for hydroxylation is 2. The number of aliphatic hydroxyl groups excluding tert-OH is 1. The lowest BCUT2D eigenvalue weighted by atomic mass is 10.0. The third-order valence-electron chi connectivity index (χ3n) is 2.56. The summed E-state index contributed by atoms with van der Waals surface area (Å²) in [5.41, 5.74) is 1.77. The highest BCUT2D eigenvalue weighted by molar-refractivity contribution is 6.30. The van der Waals surface area contributed by atoms with E-state index in [1.807, 2.05) is 32.0 Å². The predicted molar refractivity (Wildman–Crippen MR) is 63.7 cm³/mol. The molecule has 1 heterocycles.